The zero-order valence-corrected chi connectivity index (χ0v) is 9.77. The molecule has 5 nitrogen and oxygen atoms in total. The SMILES string of the molecule is CN(C)c1ccc2c(ccn2N=S(=O)=O)c1. The van der Waals surface area contributed by atoms with Crippen LogP contribution in [0, 0.1) is 0 Å². The molecule has 0 bridgehead atoms. The minimum absolute atomic E-state index is 0.773. The van der Waals surface area contributed by atoms with Gasteiger partial charge in [-0.15, -0.1) is 0 Å². The summed E-state index contributed by atoms with van der Waals surface area (Å²) in [6.45, 7) is 0. The summed E-state index contributed by atoms with van der Waals surface area (Å²) in [6, 6.07) is 7.58. The van der Waals surface area contributed by atoms with Crippen LogP contribution in [0.5, 0.6) is 0 Å². The Bertz CT molecular complexity index is 648. The van der Waals surface area contributed by atoms with E-state index in [0.29, 0.717) is 0 Å². The number of hydrogen-bond donors (Lipinski definition) is 0. The van der Waals surface area contributed by atoms with Gasteiger partial charge in [0.2, 0.25) is 0 Å². The molecule has 0 aliphatic rings. The summed E-state index contributed by atoms with van der Waals surface area (Å²) >= 11 is 0. The first kappa shape index (κ1) is 10.7. The van der Waals surface area contributed by atoms with Gasteiger partial charge in [0.15, 0.2) is 0 Å². The lowest BCUT2D eigenvalue weighted by molar-refractivity contribution is 0.617. The number of nitrogens with zero attached hydrogens (tertiary/aromatic N) is 3. The molecule has 0 atom stereocenters. The molecule has 0 aliphatic heterocycles. The van der Waals surface area contributed by atoms with Crippen molar-refractivity contribution >= 4 is 27.1 Å². The lowest BCUT2D eigenvalue weighted by atomic mass is 10.2. The van der Waals surface area contributed by atoms with Gasteiger partial charge in [-0.1, -0.05) is 0 Å². The number of benzene rings is 1. The maximum absolute atomic E-state index is 10.5. The molecule has 0 unspecified atom stereocenters. The molecule has 0 aliphatic carbocycles. The van der Waals surface area contributed by atoms with E-state index in [4.69, 9.17) is 0 Å². The zero-order chi connectivity index (χ0) is 11.7. The number of anilines is 1. The quantitative estimate of drug-likeness (QED) is 0.796. The molecule has 6 heteroatoms. The Kier molecular flexibility index (Phi) is 2.66. The van der Waals surface area contributed by atoms with E-state index < -0.39 is 10.5 Å². The fourth-order valence-electron chi connectivity index (χ4n) is 1.54. The van der Waals surface area contributed by atoms with Gasteiger partial charge in [0, 0.05) is 31.4 Å². The van der Waals surface area contributed by atoms with E-state index in [1.807, 2.05) is 43.3 Å². The van der Waals surface area contributed by atoms with Crippen LogP contribution >= 0.6 is 0 Å². The van der Waals surface area contributed by atoms with Crippen molar-refractivity contribution in [2.75, 3.05) is 19.0 Å². The zero-order valence-electron chi connectivity index (χ0n) is 8.95. The highest BCUT2D eigenvalue weighted by Crippen LogP contribution is 2.21. The molecule has 1 heterocycles. The number of hydrogen-bond acceptors (Lipinski definition) is 4. The van der Waals surface area contributed by atoms with Crippen molar-refractivity contribution in [2.45, 2.75) is 0 Å². The predicted octanol–water partition coefficient (Wildman–Crippen LogP) is 1.53. The smallest absolute Gasteiger partial charge is 0.333 e. The van der Waals surface area contributed by atoms with Crippen LogP contribution in [0.25, 0.3) is 10.9 Å². The number of fused-ring (bicyclic) bond motifs is 1. The number of rotatable bonds is 2. The van der Waals surface area contributed by atoms with Crippen LogP contribution in [0.1, 0.15) is 0 Å². The maximum atomic E-state index is 10.5. The van der Waals surface area contributed by atoms with Gasteiger partial charge in [-0.2, -0.15) is 8.42 Å². The molecular weight excluding hydrogens is 226 g/mol. The highest BCUT2D eigenvalue weighted by atomic mass is 32.2. The first-order chi connectivity index (χ1) is 7.58. The van der Waals surface area contributed by atoms with Gasteiger partial charge in [-0.05, 0) is 28.7 Å². The molecule has 0 N–H and O–H groups in total. The molecule has 1 aromatic heterocycles. The van der Waals surface area contributed by atoms with E-state index in [2.05, 4.69) is 4.47 Å². The van der Waals surface area contributed by atoms with Crippen molar-refractivity contribution in [3.05, 3.63) is 30.5 Å². The van der Waals surface area contributed by atoms with Crippen LogP contribution in [0.4, 0.5) is 5.69 Å². The topological polar surface area (TPSA) is 54.7 Å². The molecule has 0 radical (unpaired) electrons. The summed E-state index contributed by atoms with van der Waals surface area (Å²) in [6.07, 6.45) is 1.62. The van der Waals surface area contributed by atoms with Crippen LogP contribution < -0.4 is 4.90 Å². The summed E-state index contributed by atoms with van der Waals surface area (Å²) in [5, 5.41) is 0.959. The first-order valence-corrected chi connectivity index (χ1v) is 5.71. The fraction of sp³-hybridized carbons (Fsp3) is 0.200. The molecule has 0 fully saturated rings. The van der Waals surface area contributed by atoms with Crippen LogP contribution in [0.2, 0.25) is 0 Å². The normalized spacial score (nSPS) is 10.4. The molecule has 2 aromatic rings. The summed E-state index contributed by atoms with van der Waals surface area (Å²) in [5.74, 6) is 0. The van der Waals surface area contributed by atoms with E-state index in [9.17, 15) is 8.42 Å². The molecule has 0 saturated heterocycles. The van der Waals surface area contributed by atoms with Crippen molar-refractivity contribution in [3.8, 4) is 0 Å². The molecule has 2 rings (SSSR count). The van der Waals surface area contributed by atoms with E-state index in [-0.39, 0.29) is 0 Å². The molecular formula is C10H11N3O2S. The summed E-state index contributed by atoms with van der Waals surface area (Å²) in [7, 11) is 1.47. The van der Waals surface area contributed by atoms with Gasteiger partial charge in [-0.25, -0.2) is 4.68 Å². The van der Waals surface area contributed by atoms with Crippen molar-refractivity contribution in [1.29, 1.82) is 0 Å². The Balaban J connectivity index is 2.63. The molecule has 0 saturated carbocycles. The van der Waals surface area contributed by atoms with E-state index in [1.165, 1.54) is 4.68 Å². The van der Waals surface area contributed by atoms with Crippen molar-refractivity contribution in [1.82, 2.24) is 4.68 Å². The predicted molar refractivity (Wildman–Crippen MR) is 63.0 cm³/mol. The fourth-order valence-corrected chi connectivity index (χ4v) is 1.82. The average Bonchev–Trinajstić information content (AvgIpc) is 2.60. The third-order valence-corrected chi connectivity index (χ3v) is 2.63. The Labute approximate surface area is 94.6 Å². The standard InChI is InChI=1S/C10H11N3O2S/c1-12(2)9-3-4-10-8(7-9)5-6-13(10)11-16(14)15/h3-7H,1-2H3. The van der Waals surface area contributed by atoms with Crippen LogP contribution in [0.3, 0.4) is 0 Å². The van der Waals surface area contributed by atoms with E-state index >= 15 is 0 Å². The second-order valence-electron chi connectivity index (χ2n) is 3.60. The summed E-state index contributed by atoms with van der Waals surface area (Å²) in [5.41, 5.74) is 1.84. The molecule has 0 amide bonds. The van der Waals surface area contributed by atoms with Crippen LogP contribution in [0.15, 0.2) is 34.9 Å². The Morgan fingerprint density at radius 1 is 1.25 bits per heavy atom. The number of aromatic nitrogens is 1. The van der Waals surface area contributed by atoms with Crippen LogP contribution in [-0.2, 0) is 10.5 Å². The Morgan fingerprint density at radius 3 is 2.62 bits per heavy atom. The lowest BCUT2D eigenvalue weighted by Gasteiger charge is -2.11. The molecule has 1 aromatic carbocycles. The van der Waals surface area contributed by atoms with Crippen molar-refractivity contribution in [2.24, 2.45) is 4.47 Å². The van der Waals surface area contributed by atoms with Gasteiger partial charge in [0.25, 0.3) is 0 Å². The highest BCUT2D eigenvalue weighted by molar-refractivity contribution is 7.61. The maximum Gasteiger partial charge on any atom is 0.333 e. The minimum atomic E-state index is -2.44. The molecule has 16 heavy (non-hydrogen) atoms. The lowest BCUT2D eigenvalue weighted by Crippen LogP contribution is -2.07. The highest BCUT2D eigenvalue weighted by Gasteiger charge is 2.02. The van der Waals surface area contributed by atoms with E-state index in [0.717, 1.165) is 16.6 Å². The monoisotopic (exact) mass is 237 g/mol. The summed E-state index contributed by atoms with van der Waals surface area (Å²) in [4.78, 5) is 1.99. The largest absolute Gasteiger partial charge is 0.378 e. The average molecular weight is 237 g/mol. The van der Waals surface area contributed by atoms with Crippen molar-refractivity contribution in [3.63, 3.8) is 0 Å². The first-order valence-electron chi connectivity index (χ1n) is 4.68. The third kappa shape index (κ3) is 1.92. The van der Waals surface area contributed by atoms with Gasteiger partial charge < -0.3 is 4.90 Å². The minimum Gasteiger partial charge on any atom is -0.378 e. The molecule has 84 valence electrons. The third-order valence-electron chi connectivity index (χ3n) is 2.32. The van der Waals surface area contributed by atoms with Gasteiger partial charge in [-0.3, -0.25) is 0 Å². The summed E-state index contributed by atoms with van der Waals surface area (Å²) < 4.78 is 25.8. The van der Waals surface area contributed by atoms with Crippen molar-refractivity contribution < 1.29 is 8.42 Å². The molecule has 0 spiro atoms. The Morgan fingerprint density at radius 2 is 2.00 bits per heavy atom. The Hall–Kier alpha value is -1.82. The van der Waals surface area contributed by atoms with Gasteiger partial charge in [0.1, 0.15) is 0 Å². The second-order valence-corrected chi connectivity index (χ2v) is 4.19. The van der Waals surface area contributed by atoms with Gasteiger partial charge >= 0.3 is 10.5 Å². The van der Waals surface area contributed by atoms with E-state index in [1.54, 1.807) is 6.20 Å². The van der Waals surface area contributed by atoms with Gasteiger partial charge in [0.05, 0.1) is 5.52 Å². The van der Waals surface area contributed by atoms with Crippen LogP contribution in [-0.4, -0.2) is 27.2 Å². The second kappa shape index (κ2) is 3.97.